The second-order valence-electron chi connectivity index (χ2n) is 5.29. The molecule has 0 heterocycles. The minimum absolute atomic E-state index is 0.102. The van der Waals surface area contributed by atoms with E-state index in [0.29, 0.717) is 5.56 Å². The highest BCUT2D eigenvalue weighted by atomic mass is 16.6. The van der Waals surface area contributed by atoms with Crippen LogP contribution in [0.5, 0.6) is 0 Å². The van der Waals surface area contributed by atoms with Crippen molar-refractivity contribution in [1.29, 1.82) is 0 Å². The highest BCUT2D eigenvalue weighted by molar-refractivity contribution is 6.34. The van der Waals surface area contributed by atoms with Crippen molar-refractivity contribution in [3.63, 3.8) is 0 Å². The maximum absolute atomic E-state index is 11.6. The zero-order chi connectivity index (χ0) is 16.9. The number of nitrogens with zero attached hydrogens (tertiary/aromatic N) is 1. The number of carboxylic acids is 1. The molecule has 0 saturated heterocycles. The summed E-state index contributed by atoms with van der Waals surface area (Å²) in [5.74, 6) is -3.26. The van der Waals surface area contributed by atoms with Gasteiger partial charge in [-0.1, -0.05) is 0 Å². The number of Topliss-reactive ketones (excluding diaryl/α,β-unsaturated/α-hetero) is 1. The molecule has 1 aromatic carbocycles. The van der Waals surface area contributed by atoms with Crippen LogP contribution in [0.15, 0.2) is 24.3 Å². The zero-order valence-electron chi connectivity index (χ0n) is 12.1. The van der Waals surface area contributed by atoms with E-state index in [1.807, 2.05) is 0 Å². The Morgan fingerprint density at radius 2 is 1.77 bits per heavy atom. The number of rotatable bonds is 7. The van der Waals surface area contributed by atoms with E-state index < -0.39 is 34.5 Å². The van der Waals surface area contributed by atoms with E-state index in [1.54, 1.807) is 0 Å². The van der Waals surface area contributed by atoms with Gasteiger partial charge in [0.2, 0.25) is 5.78 Å². The van der Waals surface area contributed by atoms with Crippen LogP contribution >= 0.6 is 0 Å². The molecule has 118 valence electrons. The lowest BCUT2D eigenvalue weighted by Gasteiger charge is -2.16. The van der Waals surface area contributed by atoms with Gasteiger partial charge in [-0.25, -0.2) is 4.79 Å². The molecule has 0 aromatic heterocycles. The van der Waals surface area contributed by atoms with Gasteiger partial charge >= 0.3 is 11.9 Å². The second-order valence-corrected chi connectivity index (χ2v) is 5.29. The molecule has 1 rings (SSSR count). The largest absolute Gasteiger partial charge is 0.481 e. The molecular formula is C14H15NO7. The number of non-ortho nitro benzene ring substituents is 1. The Labute approximate surface area is 125 Å². The molecule has 0 fully saturated rings. The fraction of sp³-hybridized carbons (Fsp3) is 0.357. The van der Waals surface area contributed by atoms with Crippen molar-refractivity contribution in [1.82, 2.24) is 0 Å². The molecule has 0 saturated carbocycles. The Kier molecular flexibility index (Phi) is 5.33. The van der Waals surface area contributed by atoms with Crippen LogP contribution in [0.3, 0.4) is 0 Å². The van der Waals surface area contributed by atoms with Crippen LogP contribution in [-0.2, 0) is 25.7 Å². The van der Waals surface area contributed by atoms with Gasteiger partial charge in [0.15, 0.2) is 0 Å². The van der Waals surface area contributed by atoms with Gasteiger partial charge < -0.3 is 9.84 Å². The molecule has 1 aromatic rings. The van der Waals surface area contributed by atoms with Gasteiger partial charge in [0.05, 0.1) is 10.3 Å². The quantitative estimate of drug-likeness (QED) is 0.352. The SMILES string of the molecule is CC(C)(CC(=O)C(=O)OCc1ccc([N+](=O)[O-])cc1)C(=O)O. The van der Waals surface area contributed by atoms with Gasteiger partial charge in [-0.15, -0.1) is 0 Å². The Balaban J connectivity index is 2.57. The summed E-state index contributed by atoms with van der Waals surface area (Å²) in [7, 11) is 0. The van der Waals surface area contributed by atoms with Gasteiger partial charge in [-0.3, -0.25) is 19.7 Å². The third-order valence-electron chi connectivity index (χ3n) is 2.93. The monoisotopic (exact) mass is 309 g/mol. The van der Waals surface area contributed by atoms with Crippen molar-refractivity contribution in [3.8, 4) is 0 Å². The van der Waals surface area contributed by atoms with Gasteiger partial charge in [0.25, 0.3) is 5.69 Å². The van der Waals surface area contributed by atoms with Crippen molar-refractivity contribution < 1.29 is 29.2 Å². The number of ether oxygens (including phenoxy) is 1. The number of ketones is 1. The molecule has 1 N–H and O–H groups in total. The maximum atomic E-state index is 11.6. The van der Waals surface area contributed by atoms with E-state index in [1.165, 1.54) is 38.1 Å². The van der Waals surface area contributed by atoms with Crippen molar-refractivity contribution in [2.45, 2.75) is 26.9 Å². The molecule has 0 aliphatic heterocycles. The van der Waals surface area contributed by atoms with Gasteiger partial charge in [0, 0.05) is 18.6 Å². The van der Waals surface area contributed by atoms with E-state index in [2.05, 4.69) is 0 Å². The third kappa shape index (κ3) is 4.65. The first-order valence-electron chi connectivity index (χ1n) is 6.30. The summed E-state index contributed by atoms with van der Waals surface area (Å²) in [6.07, 6.45) is -0.471. The molecule has 0 unspecified atom stereocenters. The predicted octanol–water partition coefficient (Wildman–Crippen LogP) is 1.71. The van der Waals surface area contributed by atoms with Gasteiger partial charge in [-0.2, -0.15) is 0 Å². The number of carboxylic acid groups (broad SMARTS) is 1. The number of hydrogen-bond acceptors (Lipinski definition) is 6. The van der Waals surface area contributed by atoms with Crippen LogP contribution < -0.4 is 0 Å². The van der Waals surface area contributed by atoms with Crippen LogP contribution in [0, 0.1) is 15.5 Å². The van der Waals surface area contributed by atoms with Crippen molar-refractivity contribution >= 4 is 23.4 Å². The number of nitro groups is 1. The smallest absolute Gasteiger partial charge is 0.374 e. The van der Waals surface area contributed by atoms with Gasteiger partial charge in [0.1, 0.15) is 6.61 Å². The number of hydrogen-bond donors (Lipinski definition) is 1. The van der Waals surface area contributed by atoms with Crippen molar-refractivity contribution in [2.24, 2.45) is 5.41 Å². The topological polar surface area (TPSA) is 124 Å². The number of carbonyl (C=O) groups excluding carboxylic acids is 2. The zero-order valence-corrected chi connectivity index (χ0v) is 12.1. The Morgan fingerprint density at radius 3 is 2.23 bits per heavy atom. The lowest BCUT2D eigenvalue weighted by Crippen LogP contribution is -2.30. The molecule has 22 heavy (non-hydrogen) atoms. The lowest BCUT2D eigenvalue weighted by molar-refractivity contribution is -0.384. The minimum Gasteiger partial charge on any atom is -0.481 e. The third-order valence-corrected chi connectivity index (χ3v) is 2.93. The molecule has 0 atom stereocenters. The summed E-state index contributed by atoms with van der Waals surface area (Å²) >= 11 is 0. The van der Waals surface area contributed by atoms with E-state index in [-0.39, 0.29) is 12.3 Å². The number of esters is 1. The standard InChI is InChI=1S/C14H15NO7/c1-14(2,13(18)19)7-11(16)12(17)22-8-9-3-5-10(6-4-9)15(20)21/h3-6H,7-8H2,1-2H3,(H,18,19). The number of nitro benzene ring substituents is 1. The first kappa shape index (κ1) is 17.3. The van der Waals surface area contributed by atoms with Crippen LogP contribution in [-0.4, -0.2) is 27.8 Å². The summed E-state index contributed by atoms with van der Waals surface area (Å²) in [6, 6.07) is 5.30. The fourth-order valence-corrected chi connectivity index (χ4v) is 1.49. The Hall–Kier alpha value is -2.77. The fourth-order valence-electron chi connectivity index (χ4n) is 1.49. The van der Waals surface area contributed by atoms with Crippen LogP contribution in [0.4, 0.5) is 5.69 Å². The Morgan fingerprint density at radius 1 is 1.23 bits per heavy atom. The molecule has 0 radical (unpaired) electrons. The molecule has 0 aliphatic carbocycles. The maximum Gasteiger partial charge on any atom is 0.374 e. The normalized spacial score (nSPS) is 10.8. The van der Waals surface area contributed by atoms with Crippen LogP contribution in [0.2, 0.25) is 0 Å². The number of benzene rings is 1. The van der Waals surface area contributed by atoms with E-state index in [9.17, 15) is 24.5 Å². The highest BCUT2D eigenvalue weighted by Gasteiger charge is 2.33. The van der Waals surface area contributed by atoms with Crippen LogP contribution in [0.1, 0.15) is 25.8 Å². The second kappa shape index (κ2) is 6.79. The molecule has 8 nitrogen and oxygen atoms in total. The van der Waals surface area contributed by atoms with Crippen molar-refractivity contribution in [2.75, 3.05) is 0 Å². The van der Waals surface area contributed by atoms with E-state index >= 15 is 0 Å². The molecule has 0 amide bonds. The average Bonchev–Trinajstić information content (AvgIpc) is 2.44. The number of carbonyl (C=O) groups is 3. The first-order valence-corrected chi connectivity index (χ1v) is 6.30. The molecule has 0 aliphatic rings. The van der Waals surface area contributed by atoms with E-state index in [4.69, 9.17) is 9.84 Å². The average molecular weight is 309 g/mol. The summed E-state index contributed by atoms with van der Waals surface area (Å²) in [5.41, 5.74) is -0.984. The van der Waals surface area contributed by atoms with E-state index in [0.717, 1.165) is 0 Å². The first-order chi connectivity index (χ1) is 10.1. The lowest BCUT2D eigenvalue weighted by atomic mass is 9.87. The highest BCUT2D eigenvalue weighted by Crippen LogP contribution is 2.21. The minimum atomic E-state index is -1.36. The molecular weight excluding hydrogens is 294 g/mol. The molecule has 0 bridgehead atoms. The predicted molar refractivity (Wildman–Crippen MR) is 73.9 cm³/mol. The van der Waals surface area contributed by atoms with Gasteiger partial charge in [-0.05, 0) is 31.5 Å². The summed E-state index contributed by atoms with van der Waals surface area (Å²) in [4.78, 5) is 43.9. The van der Waals surface area contributed by atoms with Crippen molar-refractivity contribution in [3.05, 3.63) is 39.9 Å². The Bertz CT molecular complexity index is 604. The summed E-state index contributed by atoms with van der Waals surface area (Å²) < 4.78 is 4.76. The molecule has 8 heteroatoms. The summed E-state index contributed by atoms with van der Waals surface area (Å²) in [6.45, 7) is 2.43. The summed E-state index contributed by atoms with van der Waals surface area (Å²) in [5, 5.41) is 19.4. The number of aliphatic carboxylic acids is 1. The molecule has 0 spiro atoms. The van der Waals surface area contributed by atoms with Crippen LogP contribution in [0.25, 0.3) is 0 Å².